The maximum atomic E-state index is 11.7. The van der Waals surface area contributed by atoms with Crippen molar-refractivity contribution < 1.29 is 24.2 Å². The molecule has 0 aliphatic carbocycles. The summed E-state index contributed by atoms with van der Waals surface area (Å²) < 4.78 is 10.1. The molecule has 1 N–H and O–H groups in total. The monoisotopic (exact) mass is 216 g/mol. The van der Waals surface area contributed by atoms with Gasteiger partial charge in [0.1, 0.15) is 5.60 Å². The van der Waals surface area contributed by atoms with E-state index in [1.54, 1.807) is 20.8 Å². The molecule has 1 atom stereocenters. The van der Waals surface area contributed by atoms with Gasteiger partial charge in [-0.1, -0.05) is 0 Å². The Bertz CT molecular complexity index is 270. The number of esters is 1. The van der Waals surface area contributed by atoms with Crippen LogP contribution < -0.4 is 0 Å². The minimum absolute atomic E-state index is 0.178. The van der Waals surface area contributed by atoms with Crippen molar-refractivity contribution in [2.45, 2.75) is 44.8 Å². The zero-order valence-corrected chi connectivity index (χ0v) is 9.20. The lowest BCUT2D eigenvalue weighted by molar-refractivity contribution is -0.189. The van der Waals surface area contributed by atoms with Gasteiger partial charge in [-0.25, -0.2) is 9.59 Å². The molecule has 0 amide bonds. The molecular formula is C10H16O5. The lowest BCUT2D eigenvalue weighted by atomic mass is 10.0. The first-order valence-electron chi connectivity index (χ1n) is 4.89. The Morgan fingerprint density at radius 2 is 2.00 bits per heavy atom. The van der Waals surface area contributed by atoms with Crippen LogP contribution in [0.15, 0.2) is 0 Å². The number of carbonyl (C=O) groups excluding carboxylic acids is 1. The van der Waals surface area contributed by atoms with Gasteiger partial charge in [0.15, 0.2) is 0 Å². The van der Waals surface area contributed by atoms with E-state index < -0.39 is 23.1 Å². The fraction of sp³-hybridized carbons (Fsp3) is 0.800. The lowest BCUT2D eigenvalue weighted by Gasteiger charge is -2.27. The predicted molar refractivity (Wildman–Crippen MR) is 51.4 cm³/mol. The number of carbonyl (C=O) groups is 2. The minimum Gasteiger partial charge on any atom is -0.479 e. The van der Waals surface area contributed by atoms with Crippen molar-refractivity contribution in [2.24, 2.45) is 0 Å². The van der Waals surface area contributed by atoms with Crippen LogP contribution in [0.5, 0.6) is 0 Å². The van der Waals surface area contributed by atoms with Crippen LogP contribution in [-0.4, -0.2) is 34.9 Å². The van der Waals surface area contributed by atoms with E-state index in [0.29, 0.717) is 6.42 Å². The molecule has 86 valence electrons. The Kier molecular flexibility index (Phi) is 3.04. The molecule has 1 heterocycles. The quantitative estimate of drug-likeness (QED) is 0.549. The topological polar surface area (TPSA) is 72.8 Å². The van der Waals surface area contributed by atoms with E-state index in [4.69, 9.17) is 14.6 Å². The molecule has 0 saturated carbocycles. The smallest absolute Gasteiger partial charge is 0.350 e. The maximum absolute atomic E-state index is 11.7. The van der Waals surface area contributed by atoms with Crippen LogP contribution in [-0.2, 0) is 19.1 Å². The molecule has 15 heavy (non-hydrogen) atoms. The average Bonchev–Trinajstić information content (AvgIpc) is 2.48. The zero-order valence-electron chi connectivity index (χ0n) is 9.20. The summed E-state index contributed by atoms with van der Waals surface area (Å²) in [5.74, 6) is -2.07. The molecule has 1 fully saturated rings. The standard InChI is InChI=1S/C10H16O5/c1-9(2,3)15-8(13)10(7(11)12)5-4-6-14-10/h4-6H2,1-3H3,(H,11,12). The summed E-state index contributed by atoms with van der Waals surface area (Å²) in [6.07, 6.45) is 0.739. The molecule has 0 aromatic rings. The van der Waals surface area contributed by atoms with Gasteiger partial charge in [0.2, 0.25) is 0 Å². The van der Waals surface area contributed by atoms with Gasteiger partial charge in [0.25, 0.3) is 5.60 Å². The first-order chi connectivity index (χ1) is 6.78. The third kappa shape index (κ3) is 2.47. The van der Waals surface area contributed by atoms with Gasteiger partial charge in [0, 0.05) is 13.0 Å². The van der Waals surface area contributed by atoms with Crippen molar-refractivity contribution in [3.05, 3.63) is 0 Å². The molecule has 0 aromatic heterocycles. The molecule has 0 radical (unpaired) electrons. The Labute approximate surface area is 88.4 Å². The van der Waals surface area contributed by atoms with E-state index in [1.165, 1.54) is 0 Å². The minimum atomic E-state index is -1.78. The number of ether oxygens (including phenoxy) is 2. The predicted octanol–water partition coefficient (Wildman–Crippen LogP) is 0.962. The van der Waals surface area contributed by atoms with Crippen LogP contribution in [0.1, 0.15) is 33.6 Å². The number of carboxylic acids is 1. The van der Waals surface area contributed by atoms with Gasteiger partial charge in [-0.2, -0.15) is 0 Å². The number of rotatable bonds is 2. The van der Waals surface area contributed by atoms with E-state index in [2.05, 4.69) is 0 Å². The molecule has 0 spiro atoms. The van der Waals surface area contributed by atoms with Crippen LogP contribution in [0.4, 0.5) is 0 Å². The Hall–Kier alpha value is -1.10. The largest absolute Gasteiger partial charge is 0.479 e. The van der Waals surface area contributed by atoms with E-state index in [0.717, 1.165) is 0 Å². The third-order valence-corrected chi connectivity index (χ3v) is 2.10. The fourth-order valence-corrected chi connectivity index (χ4v) is 1.42. The van der Waals surface area contributed by atoms with E-state index >= 15 is 0 Å². The van der Waals surface area contributed by atoms with E-state index in [1.807, 2.05) is 0 Å². The first-order valence-corrected chi connectivity index (χ1v) is 4.89. The van der Waals surface area contributed by atoms with Gasteiger partial charge in [-0.3, -0.25) is 0 Å². The van der Waals surface area contributed by atoms with Crippen molar-refractivity contribution in [2.75, 3.05) is 6.61 Å². The summed E-state index contributed by atoms with van der Waals surface area (Å²) in [5, 5.41) is 9.01. The number of carboxylic acid groups (broad SMARTS) is 1. The number of hydrogen-bond donors (Lipinski definition) is 1. The third-order valence-electron chi connectivity index (χ3n) is 2.10. The van der Waals surface area contributed by atoms with Gasteiger partial charge < -0.3 is 14.6 Å². The molecular weight excluding hydrogens is 200 g/mol. The number of hydrogen-bond acceptors (Lipinski definition) is 4. The highest BCUT2D eigenvalue weighted by Gasteiger charge is 2.52. The van der Waals surface area contributed by atoms with Crippen LogP contribution in [0.2, 0.25) is 0 Å². The zero-order chi connectivity index (χ0) is 11.7. The lowest BCUT2D eigenvalue weighted by Crippen LogP contribution is -2.49. The Balaban J connectivity index is 2.82. The Morgan fingerprint density at radius 1 is 1.40 bits per heavy atom. The van der Waals surface area contributed by atoms with Crippen LogP contribution in [0.25, 0.3) is 0 Å². The molecule has 1 saturated heterocycles. The van der Waals surface area contributed by atoms with Gasteiger partial charge in [-0.15, -0.1) is 0 Å². The maximum Gasteiger partial charge on any atom is 0.350 e. The van der Waals surface area contributed by atoms with Gasteiger partial charge >= 0.3 is 11.9 Å². The fourth-order valence-electron chi connectivity index (χ4n) is 1.42. The molecule has 0 bridgehead atoms. The summed E-state index contributed by atoms with van der Waals surface area (Å²) in [4.78, 5) is 22.7. The normalized spacial score (nSPS) is 26.3. The van der Waals surface area contributed by atoms with Gasteiger partial charge in [-0.05, 0) is 27.2 Å². The SMILES string of the molecule is CC(C)(C)OC(=O)C1(C(=O)O)CCCO1. The molecule has 1 aliphatic rings. The molecule has 1 rings (SSSR count). The summed E-state index contributed by atoms with van der Waals surface area (Å²) in [5.41, 5.74) is -2.49. The second-order valence-electron chi connectivity index (χ2n) is 4.59. The second-order valence-corrected chi connectivity index (χ2v) is 4.59. The van der Waals surface area contributed by atoms with Crippen molar-refractivity contribution in [1.29, 1.82) is 0 Å². The molecule has 5 heteroatoms. The van der Waals surface area contributed by atoms with Crippen LogP contribution >= 0.6 is 0 Å². The summed E-state index contributed by atoms with van der Waals surface area (Å²) >= 11 is 0. The summed E-state index contributed by atoms with van der Waals surface area (Å²) in [6, 6.07) is 0. The molecule has 1 aliphatic heterocycles. The molecule has 1 unspecified atom stereocenters. The highest BCUT2D eigenvalue weighted by Crippen LogP contribution is 2.29. The van der Waals surface area contributed by atoms with Gasteiger partial charge in [0.05, 0.1) is 0 Å². The summed E-state index contributed by atoms with van der Waals surface area (Å²) in [7, 11) is 0. The van der Waals surface area contributed by atoms with Crippen molar-refractivity contribution in [3.8, 4) is 0 Å². The highest BCUT2D eigenvalue weighted by atomic mass is 16.6. The average molecular weight is 216 g/mol. The molecule has 5 nitrogen and oxygen atoms in total. The van der Waals surface area contributed by atoms with Crippen molar-refractivity contribution in [1.82, 2.24) is 0 Å². The highest BCUT2D eigenvalue weighted by molar-refractivity contribution is 6.03. The van der Waals surface area contributed by atoms with E-state index in [9.17, 15) is 9.59 Å². The summed E-state index contributed by atoms with van der Waals surface area (Å²) in [6.45, 7) is 5.35. The first kappa shape index (κ1) is 12.0. The van der Waals surface area contributed by atoms with Crippen LogP contribution in [0.3, 0.4) is 0 Å². The number of aliphatic carboxylic acids is 1. The van der Waals surface area contributed by atoms with E-state index in [-0.39, 0.29) is 13.0 Å². The second kappa shape index (κ2) is 3.81. The van der Waals surface area contributed by atoms with Crippen molar-refractivity contribution in [3.63, 3.8) is 0 Å². The molecule has 0 aromatic carbocycles. The van der Waals surface area contributed by atoms with Crippen molar-refractivity contribution >= 4 is 11.9 Å². The van der Waals surface area contributed by atoms with Crippen LogP contribution in [0, 0.1) is 0 Å². The Morgan fingerprint density at radius 3 is 2.33 bits per heavy atom.